The molecule has 0 saturated carbocycles. The summed E-state index contributed by atoms with van der Waals surface area (Å²) in [4.78, 5) is 12.4. The van der Waals surface area contributed by atoms with Crippen LogP contribution in [0.2, 0.25) is 0 Å². The lowest BCUT2D eigenvalue weighted by Gasteiger charge is -2.12. The van der Waals surface area contributed by atoms with E-state index in [1.807, 2.05) is 36.4 Å². The molecular weight excluding hydrogens is 406 g/mol. The molecule has 6 nitrogen and oxygen atoms in total. The fourth-order valence-electron chi connectivity index (χ4n) is 3.09. The van der Waals surface area contributed by atoms with Gasteiger partial charge >= 0.3 is 0 Å². The summed E-state index contributed by atoms with van der Waals surface area (Å²) in [5, 5.41) is 2.80. The number of carbonyl (C=O) groups is 1. The number of nitrogens with one attached hydrogen (secondary N) is 1. The molecule has 0 aromatic heterocycles. The molecule has 3 rings (SSSR count). The lowest BCUT2D eigenvalue weighted by Crippen LogP contribution is -2.09. The van der Waals surface area contributed by atoms with Crippen molar-refractivity contribution < 1.29 is 23.7 Å². The van der Waals surface area contributed by atoms with Gasteiger partial charge in [0.2, 0.25) is 5.91 Å². The summed E-state index contributed by atoms with van der Waals surface area (Å²) in [7, 11) is 4.70. The van der Waals surface area contributed by atoms with E-state index in [4.69, 9.17) is 18.9 Å². The molecule has 0 fully saturated rings. The second-order valence-corrected chi connectivity index (χ2v) is 7.01. The summed E-state index contributed by atoms with van der Waals surface area (Å²) in [6.45, 7) is 2.50. The molecule has 0 bridgehead atoms. The van der Waals surface area contributed by atoms with Gasteiger partial charge < -0.3 is 24.3 Å². The first-order valence-corrected chi connectivity index (χ1v) is 10.1. The lowest BCUT2D eigenvalue weighted by atomic mass is 10.1. The molecule has 1 N–H and O–H groups in total. The molecule has 1 amide bonds. The molecule has 0 spiro atoms. The third-order valence-corrected chi connectivity index (χ3v) is 4.92. The van der Waals surface area contributed by atoms with E-state index in [1.54, 1.807) is 45.6 Å². The van der Waals surface area contributed by atoms with Crippen LogP contribution in [0.3, 0.4) is 0 Å². The van der Waals surface area contributed by atoms with E-state index in [0.29, 0.717) is 35.3 Å². The molecule has 0 radical (unpaired) electrons. The molecule has 32 heavy (non-hydrogen) atoms. The Morgan fingerprint density at radius 3 is 2.34 bits per heavy atom. The van der Waals surface area contributed by atoms with E-state index in [-0.39, 0.29) is 5.91 Å². The first kappa shape index (κ1) is 22.7. The highest BCUT2D eigenvalue weighted by atomic mass is 16.5. The number of aryl methyl sites for hydroxylation is 1. The predicted octanol–water partition coefficient (Wildman–Crippen LogP) is 5.25. The van der Waals surface area contributed by atoms with E-state index >= 15 is 0 Å². The quantitative estimate of drug-likeness (QED) is 0.467. The fraction of sp³-hybridized carbons (Fsp3) is 0.192. The number of ether oxygens (including phenoxy) is 4. The zero-order valence-corrected chi connectivity index (χ0v) is 18.7. The summed E-state index contributed by atoms with van der Waals surface area (Å²) >= 11 is 0. The lowest BCUT2D eigenvalue weighted by molar-refractivity contribution is -0.111. The van der Waals surface area contributed by atoms with Crippen molar-refractivity contribution in [1.29, 1.82) is 0 Å². The van der Waals surface area contributed by atoms with Gasteiger partial charge in [0, 0.05) is 12.1 Å². The van der Waals surface area contributed by atoms with Crippen LogP contribution < -0.4 is 24.3 Å². The van der Waals surface area contributed by atoms with Crippen LogP contribution in [0.4, 0.5) is 5.69 Å². The Balaban J connectivity index is 1.68. The average Bonchev–Trinajstić information content (AvgIpc) is 2.82. The van der Waals surface area contributed by atoms with Crippen LogP contribution in [0.5, 0.6) is 23.0 Å². The monoisotopic (exact) mass is 433 g/mol. The molecule has 0 saturated heterocycles. The van der Waals surface area contributed by atoms with Crippen LogP contribution in [-0.2, 0) is 11.4 Å². The SMILES string of the molecule is COc1ccc(OC)c(NC(=O)/C=C/c2ccc(OCc3ccccc3C)c(OC)c2)c1. The van der Waals surface area contributed by atoms with Gasteiger partial charge in [-0.1, -0.05) is 30.3 Å². The minimum atomic E-state index is -0.296. The molecule has 0 aliphatic heterocycles. The molecule has 0 heterocycles. The van der Waals surface area contributed by atoms with E-state index in [2.05, 4.69) is 18.3 Å². The van der Waals surface area contributed by atoms with Crippen molar-refractivity contribution in [3.05, 3.63) is 83.4 Å². The molecule has 3 aromatic rings. The number of hydrogen-bond donors (Lipinski definition) is 1. The van der Waals surface area contributed by atoms with Crippen molar-refractivity contribution >= 4 is 17.7 Å². The summed E-state index contributed by atoms with van der Waals surface area (Å²) in [6, 6.07) is 18.8. The smallest absolute Gasteiger partial charge is 0.248 e. The van der Waals surface area contributed by atoms with Gasteiger partial charge in [0.05, 0.1) is 27.0 Å². The van der Waals surface area contributed by atoms with Gasteiger partial charge in [0.15, 0.2) is 11.5 Å². The zero-order chi connectivity index (χ0) is 22.9. The van der Waals surface area contributed by atoms with E-state index in [9.17, 15) is 4.79 Å². The van der Waals surface area contributed by atoms with Crippen molar-refractivity contribution in [3.8, 4) is 23.0 Å². The molecule has 166 valence electrons. The van der Waals surface area contributed by atoms with Gasteiger partial charge in [-0.3, -0.25) is 4.79 Å². The molecule has 0 aliphatic carbocycles. The molecule has 3 aromatic carbocycles. The van der Waals surface area contributed by atoms with Crippen LogP contribution in [0.15, 0.2) is 66.7 Å². The van der Waals surface area contributed by atoms with Crippen LogP contribution in [0, 0.1) is 6.92 Å². The third-order valence-electron chi connectivity index (χ3n) is 4.92. The molecule has 0 atom stereocenters. The number of carbonyl (C=O) groups excluding carboxylic acids is 1. The fourth-order valence-corrected chi connectivity index (χ4v) is 3.09. The first-order valence-electron chi connectivity index (χ1n) is 10.1. The number of anilines is 1. The Kier molecular flexibility index (Phi) is 7.75. The standard InChI is InChI=1S/C26H27NO5/c1-18-7-5-6-8-20(18)17-32-24-12-9-19(15-25(24)31-4)10-14-26(28)27-22-16-21(29-2)11-13-23(22)30-3/h5-16H,17H2,1-4H3,(H,27,28)/b14-10+. The zero-order valence-electron chi connectivity index (χ0n) is 18.7. The van der Waals surface area contributed by atoms with Gasteiger partial charge in [-0.25, -0.2) is 0 Å². The highest BCUT2D eigenvalue weighted by Gasteiger charge is 2.09. The van der Waals surface area contributed by atoms with Gasteiger partial charge in [-0.05, 0) is 54.0 Å². The topological polar surface area (TPSA) is 66.0 Å². The Labute approximate surface area is 188 Å². The van der Waals surface area contributed by atoms with Gasteiger partial charge in [0.25, 0.3) is 0 Å². The Bertz CT molecular complexity index is 1110. The van der Waals surface area contributed by atoms with E-state index in [1.165, 1.54) is 11.6 Å². The number of hydrogen-bond acceptors (Lipinski definition) is 5. The Morgan fingerprint density at radius 2 is 1.62 bits per heavy atom. The summed E-state index contributed by atoms with van der Waals surface area (Å²) in [5.41, 5.74) is 3.62. The van der Waals surface area contributed by atoms with E-state index in [0.717, 1.165) is 11.1 Å². The Morgan fingerprint density at radius 1 is 0.875 bits per heavy atom. The Hall–Kier alpha value is -3.93. The third kappa shape index (κ3) is 5.82. The van der Waals surface area contributed by atoms with Crippen LogP contribution >= 0.6 is 0 Å². The minimum Gasteiger partial charge on any atom is -0.497 e. The van der Waals surface area contributed by atoms with Gasteiger partial charge in [-0.15, -0.1) is 0 Å². The van der Waals surface area contributed by atoms with Gasteiger partial charge in [-0.2, -0.15) is 0 Å². The second-order valence-electron chi connectivity index (χ2n) is 7.01. The maximum Gasteiger partial charge on any atom is 0.248 e. The minimum absolute atomic E-state index is 0.296. The number of amides is 1. The highest BCUT2D eigenvalue weighted by Crippen LogP contribution is 2.30. The normalized spacial score (nSPS) is 10.6. The largest absolute Gasteiger partial charge is 0.497 e. The summed E-state index contributed by atoms with van der Waals surface area (Å²) < 4.78 is 21.9. The number of rotatable bonds is 9. The summed E-state index contributed by atoms with van der Waals surface area (Å²) in [6.07, 6.45) is 3.15. The van der Waals surface area contributed by atoms with Crippen molar-refractivity contribution in [1.82, 2.24) is 0 Å². The van der Waals surface area contributed by atoms with Gasteiger partial charge in [0.1, 0.15) is 18.1 Å². The van der Waals surface area contributed by atoms with Crippen molar-refractivity contribution in [3.63, 3.8) is 0 Å². The van der Waals surface area contributed by atoms with E-state index < -0.39 is 0 Å². The number of methoxy groups -OCH3 is 3. The van der Waals surface area contributed by atoms with Crippen LogP contribution in [0.25, 0.3) is 6.08 Å². The van der Waals surface area contributed by atoms with Crippen LogP contribution in [-0.4, -0.2) is 27.2 Å². The van der Waals surface area contributed by atoms with Crippen LogP contribution in [0.1, 0.15) is 16.7 Å². The first-order chi connectivity index (χ1) is 15.5. The maximum atomic E-state index is 12.4. The van der Waals surface area contributed by atoms with Crippen molar-refractivity contribution in [2.75, 3.05) is 26.6 Å². The average molecular weight is 434 g/mol. The molecule has 0 aliphatic rings. The maximum absolute atomic E-state index is 12.4. The predicted molar refractivity (Wildman–Crippen MR) is 126 cm³/mol. The van der Waals surface area contributed by atoms with Crippen molar-refractivity contribution in [2.24, 2.45) is 0 Å². The second kappa shape index (κ2) is 10.9. The highest BCUT2D eigenvalue weighted by molar-refractivity contribution is 6.03. The van der Waals surface area contributed by atoms with Crippen molar-refractivity contribution in [2.45, 2.75) is 13.5 Å². The summed E-state index contributed by atoms with van der Waals surface area (Å²) in [5.74, 6) is 2.10. The molecule has 6 heteroatoms. The number of benzene rings is 3. The molecular formula is C26H27NO5. The molecule has 0 unspecified atom stereocenters.